The number of aromatic nitrogens is 2. The van der Waals surface area contributed by atoms with Crippen LogP contribution in [0.1, 0.15) is 23.2 Å². The van der Waals surface area contributed by atoms with Crippen LogP contribution in [0.25, 0.3) is 0 Å². The zero-order valence-electron chi connectivity index (χ0n) is 23.7. The first-order valence-corrected chi connectivity index (χ1v) is 13.5. The molecule has 13 nitrogen and oxygen atoms in total. The van der Waals surface area contributed by atoms with Crippen molar-refractivity contribution in [2.45, 2.75) is 24.9 Å². The maximum Gasteiger partial charge on any atom is 0.319 e. The summed E-state index contributed by atoms with van der Waals surface area (Å²) < 4.78 is 5.59. The number of methoxy groups -OCH3 is 1. The van der Waals surface area contributed by atoms with Gasteiger partial charge in [-0.1, -0.05) is 0 Å². The predicted molar refractivity (Wildman–Crippen MR) is 151 cm³/mol. The summed E-state index contributed by atoms with van der Waals surface area (Å²) >= 11 is 0. The Morgan fingerprint density at radius 3 is 2.55 bits per heavy atom. The van der Waals surface area contributed by atoms with Crippen LogP contribution >= 0.6 is 0 Å². The van der Waals surface area contributed by atoms with E-state index < -0.39 is 6.04 Å². The van der Waals surface area contributed by atoms with Crippen LogP contribution in [0, 0.1) is 0 Å². The minimum Gasteiger partial charge on any atom is -0.495 e. The van der Waals surface area contributed by atoms with Gasteiger partial charge in [0, 0.05) is 45.8 Å². The van der Waals surface area contributed by atoms with Crippen molar-refractivity contribution in [2.24, 2.45) is 0 Å². The van der Waals surface area contributed by atoms with Gasteiger partial charge in [0.05, 0.1) is 25.5 Å². The van der Waals surface area contributed by atoms with Crippen LogP contribution in [0.15, 0.2) is 24.4 Å². The monoisotopic (exact) mass is 551 g/mol. The molecule has 5 rings (SSSR count). The van der Waals surface area contributed by atoms with Gasteiger partial charge >= 0.3 is 6.03 Å². The summed E-state index contributed by atoms with van der Waals surface area (Å²) in [4.78, 5) is 56.7. The molecule has 2 fully saturated rings. The van der Waals surface area contributed by atoms with Crippen molar-refractivity contribution >= 4 is 41.0 Å². The number of nitrogens with zero attached hydrogens (tertiary/aromatic N) is 7. The van der Waals surface area contributed by atoms with Gasteiger partial charge < -0.3 is 39.9 Å². The van der Waals surface area contributed by atoms with Crippen molar-refractivity contribution < 1.29 is 19.1 Å². The summed E-state index contributed by atoms with van der Waals surface area (Å²) in [5.74, 6) is 1.20. The molecule has 2 aromatic rings. The molecule has 40 heavy (non-hydrogen) atoms. The quantitative estimate of drug-likeness (QED) is 0.564. The number of carbonyl (C=O) groups is 3. The molecule has 0 radical (unpaired) electrons. The molecular formula is C27H37N9O4. The fourth-order valence-electron chi connectivity index (χ4n) is 5.40. The van der Waals surface area contributed by atoms with Gasteiger partial charge in [-0.05, 0) is 51.2 Å². The van der Waals surface area contributed by atoms with E-state index in [-0.39, 0.29) is 30.4 Å². The Labute approximate surface area is 234 Å². The third-order valence-electron chi connectivity index (χ3n) is 7.80. The van der Waals surface area contributed by atoms with Crippen molar-refractivity contribution in [3.63, 3.8) is 0 Å². The average molecular weight is 552 g/mol. The highest BCUT2D eigenvalue weighted by Crippen LogP contribution is 2.36. The third-order valence-corrected chi connectivity index (χ3v) is 7.80. The van der Waals surface area contributed by atoms with Gasteiger partial charge in [0.15, 0.2) is 5.82 Å². The molecule has 1 atom stereocenters. The van der Waals surface area contributed by atoms with Crippen molar-refractivity contribution in [3.8, 4) is 5.75 Å². The number of ether oxygens (including phenoxy) is 1. The molecule has 0 aliphatic carbocycles. The number of likely N-dealkylation sites (tertiary alicyclic amines) is 1. The second kappa shape index (κ2) is 11.2. The zero-order chi connectivity index (χ0) is 28.6. The molecule has 214 valence electrons. The number of anilines is 4. The van der Waals surface area contributed by atoms with E-state index in [0.717, 1.165) is 25.9 Å². The predicted octanol–water partition coefficient (Wildman–Crippen LogP) is 1.20. The van der Waals surface area contributed by atoms with E-state index in [9.17, 15) is 14.4 Å². The topological polar surface area (TPSA) is 126 Å². The fourth-order valence-corrected chi connectivity index (χ4v) is 5.40. The van der Waals surface area contributed by atoms with Crippen molar-refractivity contribution in [2.75, 3.05) is 83.1 Å². The number of piperazine rings is 1. The maximum absolute atomic E-state index is 13.2. The molecule has 2 saturated heterocycles. The highest BCUT2D eigenvalue weighted by Gasteiger charge is 2.42. The van der Waals surface area contributed by atoms with Crippen molar-refractivity contribution in [3.05, 3.63) is 30.0 Å². The molecule has 0 bridgehead atoms. The van der Waals surface area contributed by atoms with E-state index in [2.05, 4.69) is 27.6 Å². The number of likely N-dealkylation sites (N-methyl/N-ethyl adjacent to an activating group) is 1. The summed E-state index contributed by atoms with van der Waals surface area (Å²) in [7, 11) is 8.73. The zero-order valence-corrected chi connectivity index (χ0v) is 23.7. The van der Waals surface area contributed by atoms with E-state index >= 15 is 0 Å². The summed E-state index contributed by atoms with van der Waals surface area (Å²) in [6, 6.07) is 4.73. The average Bonchev–Trinajstić information content (AvgIpc) is 2.96. The highest BCUT2D eigenvalue weighted by atomic mass is 16.5. The second-order valence-corrected chi connectivity index (χ2v) is 10.7. The minimum absolute atomic E-state index is 0.108. The van der Waals surface area contributed by atoms with Crippen molar-refractivity contribution in [1.82, 2.24) is 30.0 Å². The Bertz CT molecular complexity index is 1290. The lowest BCUT2D eigenvalue weighted by atomic mass is 10.0. The number of piperidine rings is 1. The van der Waals surface area contributed by atoms with E-state index in [1.54, 1.807) is 62.4 Å². The molecular weight excluding hydrogens is 514 g/mol. The summed E-state index contributed by atoms with van der Waals surface area (Å²) in [6.45, 7) is 3.16. The Hall–Kier alpha value is -4.13. The first-order valence-electron chi connectivity index (χ1n) is 13.5. The summed E-state index contributed by atoms with van der Waals surface area (Å²) in [6.07, 6.45) is 3.47. The number of carbonyl (C=O) groups excluding carboxylic acids is 3. The Balaban J connectivity index is 1.33. The summed E-state index contributed by atoms with van der Waals surface area (Å²) in [5.41, 5.74) is 1.73. The van der Waals surface area contributed by atoms with Gasteiger partial charge in [0.25, 0.3) is 11.8 Å². The molecule has 1 unspecified atom stereocenters. The number of hydrogen-bond donors (Lipinski definition) is 2. The van der Waals surface area contributed by atoms with Gasteiger partial charge in [-0.3, -0.25) is 9.59 Å². The lowest BCUT2D eigenvalue weighted by Crippen LogP contribution is -2.64. The molecule has 1 aromatic carbocycles. The van der Waals surface area contributed by atoms with Gasteiger partial charge in [-0.25, -0.2) is 9.78 Å². The SMILES string of the molecule is COc1cc(C(=O)NC2CCN(C)CC2)ccc1Nc1ncc2c(n1)N1CCN(C(=O)N(C)C)CC1C(=O)N2C. The first-order chi connectivity index (χ1) is 19.2. The van der Waals surface area contributed by atoms with Crippen LogP contribution < -0.4 is 25.2 Å². The molecule has 13 heteroatoms. The van der Waals surface area contributed by atoms with Gasteiger partial charge in [0.1, 0.15) is 17.5 Å². The number of rotatable bonds is 5. The lowest BCUT2D eigenvalue weighted by molar-refractivity contribution is -0.120. The number of urea groups is 1. The molecule has 4 heterocycles. The van der Waals surface area contributed by atoms with Gasteiger partial charge in [-0.15, -0.1) is 0 Å². The summed E-state index contributed by atoms with van der Waals surface area (Å²) in [5, 5.41) is 6.33. The second-order valence-electron chi connectivity index (χ2n) is 10.7. The normalized spacial score (nSPS) is 19.6. The van der Waals surface area contributed by atoms with Crippen molar-refractivity contribution in [1.29, 1.82) is 0 Å². The molecule has 4 amide bonds. The lowest BCUT2D eigenvalue weighted by Gasteiger charge is -2.46. The van der Waals surface area contributed by atoms with Crippen LogP contribution in [0.2, 0.25) is 0 Å². The Morgan fingerprint density at radius 1 is 1.10 bits per heavy atom. The third kappa shape index (κ3) is 5.33. The molecule has 0 saturated carbocycles. The number of nitrogens with one attached hydrogen (secondary N) is 2. The highest BCUT2D eigenvalue weighted by molar-refractivity contribution is 6.05. The Morgan fingerprint density at radius 2 is 1.85 bits per heavy atom. The first kappa shape index (κ1) is 27.4. The fraction of sp³-hybridized carbons (Fsp3) is 0.519. The largest absolute Gasteiger partial charge is 0.495 e. The number of hydrogen-bond acceptors (Lipinski definition) is 9. The van der Waals surface area contributed by atoms with Crippen LogP contribution in [0.3, 0.4) is 0 Å². The molecule has 0 spiro atoms. The van der Waals surface area contributed by atoms with E-state index in [1.807, 2.05) is 4.90 Å². The molecule has 3 aliphatic rings. The van der Waals surface area contributed by atoms with Gasteiger partial charge in [0.2, 0.25) is 5.95 Å². The maximum atomic E-state index is 13.2. The van der Waals surface area contributed by atoms with E-state index in [1.165, 1.54) is 4.90 Å². The van der Waals surface area contributed by atoms with Crippen LogP contribution in [0.5, 0.6) is 5.75 Å². The van der Waals surface area contributed by atoms with E-state index in [4.69, 9.17) is 9.72 Å². The van der Waals surface area contributed by atoms with E-state index in [0.29, 0.717) is 47.5 Å². The van der Waals surface area contributed by atoms with Crippen LogP contribution in [0.4, 0.5) is 27.9 Å². The van der Waals surface area contributed by atoms with Crippen LogP contribution in [-0.2, 0) is 4.79 Å². The number of amides is 4. The standard InChI is InChI=1S/C27H37N9O4/c1-32(2)27(39)35-12-13-36-21(16-35)25(38)34(4)20-15-28-26(31-23(20)36)30-19-7-6-17(14-22(19)40-5)24(37)29-18-8-10-33(3)11-9-18/h6-7,14-15,18,21H,8-13,16H2,1-5H3,(H,29,37)(H,28,30,31). The Kier molecular flexibility index (Phi) is 7.66. The molecule has 3 aliphatic heterocycles. The minimum atomic E-state index is -0.533. The number of fused-ring (bicyclic) bond motifs is 3. The smallest absolute Gasteiger partial charge is 0.319 e. The molecule has 2 N–H and O–H groups in total. The van der Waals surface area contributed by atoms with Gasteiger partial charge in [-0.2, -0.15) is 4.98 Å². The van der Waals surface area contributed by atoms with Crippen LogP contribution in [-0.4, -0.2) is 123 Å². The number of benzene rings is 1. The molecule has 1 aromatic heterocycles.